The number of carbonyl (C=O) groups excluding carboxylic acids is 4. The number of aliphatic hydroxyl groups excluding tert-OH is 2. The van der Waals surface area contributed by atoms with E-state index < -0.39 is 57.4 Å². The van der Waals surface area contributed by atoms with Gasteiger partial charge < -0.3 is 41.7 Å². The number of rotatable bonds is 6. The fourth-order valence-corrected chi connectivity index (χ4v) is 7.68. The molecule has 2 amide bonds. The van der Waals surface area contributed by atoms with Gasteiger partial charge in [-0.3, -0.25) is 24.1 Å². The smallest absolute Gasteiger partial charge is 0.255 e. The van der Waals surface area contributed by atoms with Gasteiger partial charge in [-0.05, 0) is 63.9 Å². The second-order valence-electron chi connectivity index (χ2n) is 12.7. The Balaban J connectivity index is 1.65. The van der Waals surface area contributed by atoms with Crippen molar-refractivity contribution in [2.45, 2.75) is 55.2 Å². The highest BCUT2D eigenvalue weighted by atomic mass is 16.3. The highest BCUT2D eigenvalue weighted by Gasteiger charge is 2.69. The molecule has 4 aliphatic rings. The van der Waals surface area contributed by atoms with E-state index in [-0.39, 0.29) is 53.8 Å². The summed E-state index contributed by atoms with van der Waals surface area (Å²) in [4.78, 5) is 56.1. The molecule has 1 aromatic rings. The Bertz CT molecular complexity index is 1510. The maximum absolute atomic E-state index is 14.2. The summed E-state index contributed by atoms with van der Waals surface area (Å²) in [7, 11) is 8.25. The number of Topliss-reactive ketones (excluding diaryl/α,β-unsaturated/α-hetero) is 2. The van der Waals surface area contributed by atoms with Crippen LogP contribution in [0.2, 0.25) is 5.31 Å². The predicted octanol–water partition coefficient (Wildman–Crippen LogP) is -1.27. The lowest BCUT2D eigenvalue weighted by Crippen LogP contribution is -2.67. The van der Waals surface area contributed by atoms with Crippen LogP contribution in [0, 0.1) is 5.92 Å². The molecule has 5 atom stereocenters. The zero-order valence-electron chi connectivity index (χ0n) is 24.9. The molecule has 43 heavy (non-hydrogen) atoms. The van der Waals surface area contributed by atoms with E-state index in [2.05, 4.69) is 10.6 Å². The molecule has 0 aromatic heterocycles. The van der Waals surface area contributed by atoms with E-state index in [1.807, 2.05) is 0 Å². The van der Waals surface area contributed by atoms with Gasteiger partial charge in [0, 0.05) is 42.8 Å². The average molecular weight is 595 g/mol. The number of hydrogen-bond donors (Lipinski definition) is 7. The molecule has 1 aliphatic heterocycles. The minimum Gasteiger partial charge on any atom is -0.510 e. The Morgan fingerprint density at radius 3 is 2.42 bits per heavy atom. The van der Waals surface area contributed by atoms with Gasteiger partial charge in [-0.15, -0.1) is 0 Å². The normalized spacial score (nSPS) is 30.2. The summed E-state index contributed by atoms with van der Waals surface area (Å²) in [6.07, 6.45) is 1.70. The van der Waals surface area contributed by atoms with Gasteiger partial charge in [0.25, 0.3) is 5.91 Å². The van der Waals surface area contributed by atoms with E-state index in [1.54, 1.807) is 39.2 Å². The molecule has 5 rings (SSSR count). The van der Waals surface area contributed by atoms with Crippen LogP contribution in [-0.2, 0) is 27.3 Å². The number of aromatic hydroxyl groups is 1. The number of anilines is 1. The van der Waals surface area contributed by atoms with E-state index in [4.69, 9.17) is 5.73 Å². The van der Waals surface area contributed by atoms with Crippen LogP contribution in [-0.4, -0.2) is 109 Å². The van der Waals surface area contributed by atoms with Gasteiger partial charge >= 0.3 is 0 Å². The SMILES string of the molecule is B[C@@]12C[C@@H]3Cc4c(N(C)C)cc(CNC(=O)C5CCCN5)c(O)c4C(=O)C3=C(O)[C@]1(O)C(=O)C(C(N)=O)=C(O)C2N(C)C. The Labute approximate surface area is 249 Å². The van der Waals surface area contributed by atoms with Crippen molar-refractivity contribution in [3.8, 4) is 5.75 Å². The molecule has 8 N–H and O–H groups in total. The molecule has 1 saturated heterocycles. The first-order chi connectivity index (χ1) is 20.1. The average Bonchev–Trinajstić information content (AvgIpc) is 3.45. The number of allylic oxidation sites excluding steroid dienone is 1. The number of ketones is 2. The molecule has 1 heterocycles. The van der Waals surface area contributed by atoms with Crippen molar-refractivity contribution in [2.24, 2.45) is 11.7 Å². The van der Waals surface area contributed by atoms with E-state index in [0.29, 0.717) is 17.7 Å². The minimum atomic E-state index is -2.77. The Morgan fingerprint density at radius 1 is 1.19 bits per heavy atom. The number of aliphatic hydroxyl groups is 3. The molecular formula is C29H38BN5O8. The Morgan fingerprint density at radius 2 is 1.86 bits per heavy atom. The second kappa shape index (κ2) is 10.4. The third-order valence-corrected chi connectivity index (χ3v) is 9.64. The molecule has 0 saturated carbocycles. The van der Waals surface area contributed by atoms with Crippen LogP contribution in [0.15, 0.2) is 28.7 Å². The van der Waals surface area contributed by atoms with E-state index >= 15 is 0 Å². The standard InChI is InChI=1S/C29H38BN5O8/c1-34(2)16-9-13(11-33-27(42)15-6-5-7-32-15)20(36)18-14(16)8-12-10-28(30)23(35(3)4)22(38)19(26(31)41)25(40)29(28,43)24(39)17(12)21(18)37/h9,12,15,23,32,36,38-39,43H,5-8,10-11,30H2,1-4H3,(H2,31,41)(H,33,42)/t12-,15?,23?,28+,29-/m0/s1. The van der Waals surface area contributed by atoms with Crippen molar-refractivity contribution in [3.63, 3.8) is 0 Å². The molecular weight excluding hydrogens is 557 g/mol. The summed E-state index contributed by atoms with van der Waals surface area (Å²) >= 11 is 0. The van der Waals surface area contributed by atoms with Crippen molar-refractivity contribution >= 4 is 36.9 Å². The highest BCUT2D eigenvalue weighted by Crippen LogP contribution is 2.62. The number of phenols is 1. The number of phenolic OH excluding ortho intramolecular Hbond substituents is 1. The third-order valence-electron chi connectivity index (χ3n) is 9.64. The Kier molecular flexibility index (Phi) is 7.39. The van der Waals surface area contributed by atoms with Crippen LogP contribution in [0.25, 0.3) is 0 Å². The first-order valence-corrected chi connectivity index (χ1v) is 14.3. The molecule has 3 aliphatic carbocycles. The van der Waals surface area contributed by atoms with Crippen molar-refractivity contribution in [1.82, 2.24) is 15.5 Å². The second-order valence-corrected chi connectivity index (χ2v) is 12.7. The number of amides is 2. The summed E-state index contributed by atoms with van der Waals surface area (Å²) in [5.74, 6) is -6.20. The monoisotopic (exact) mass is 595 g/mol. The molecule has 13 nitrogen and oxygen atoms in total. The van der Waals surface area contributed by atoms with Gasteiger partial charge in [0.05, 0.1) is 17.6 Å². The Hall–Kier alpha value is -3.88. The highest BCUT2D eigenvalue weighted by molar-refractivity contribution is 6.31. The molecule has 230 valence electrons. The minimum absolute atomic E-state index is 0.0292. The number of benzene rings is 1. The van der Waals surface area contributed by atoms with Crippen LogP contribution >= 0.6 is 0 Å². The summed E-state index contributed by atoms with van der Waals surface area (Å²) < 4.78 is 0. The number of nitrogens with zero attached hydrogens (tertiary/aromatic N) is 2. The lowest BCUT2D eigenvalue weighted by molar-refractivity contribution is -0.146. The lowest BCUT2D eigenvalue weighted by Gasteiger charge is -2.57. The van der Waals surface area contributed by atoms with Crippen molar-refractivity contribution in [2.75, 3.05) is 39.6 Å². The molecule has 2 unspecified atom stereocenters. The van der Waals surface area contributed by atoms with Crippen molar-refractivity contribution in [3.05, 3.63) is 45.4 Å². The largest absolute Gasteiger partial charge is 0.510 e. The molecule has 0 spiro atoms. The number of hydrogen-bond acceptors (Lipinski definition) is 11. The van der Waals surface area contributed by atoms with E-state index in [9.17, 15) is 39.6 Å². The van der Waals surface area contributed by atoms with Gasteiger partial charge in [0.2, 0.25) is 11.7 Å². The van der Waals surface area contributed by atoms with Crippen LogP contribution in [0.5, 0.6) is 5.75 Å². The van der Waals surface area contributed by atoms with Crippen molar-refractivity contribution in [1.29, 1.82) is 0 Å². The third kappa shape index (κ3) is 4.26. The molecule has 0 radical (unpaired) electrons. The van der Waals surface area contributed by atoms with E-state index in [0.717, 1.165) is 13.0 Å². The molecule has 1 fully saturated rings. The molecule has 0 bridgehead atoms. The number of fused-ring (bicyclic) bond motifs is 3. The summed E-state index contributed by atoms with van der Waals surface area (Å²) in [6, 6.07) is 0.257. The number of likely N-dealkylation sites (N-methyl/N-ethyl adjacent to an activating group) is 1. The van der Waals surface area contributed by atoms with Gasteiger partial charge in [0.15, 0.2) is 11.4 Å². The van der Waals surface area contributed by atoms with Gasteiger partial charge in [-0.25, -0.2) is 0 Å². The van der Waals surface area contributed by atoms with Crippen LogP contribution in [0.4, 0.5) is 5.69 Å². The maximum atomic E-state index is 14.2. The first kappa shape index (κ1) is 30.6. The van der Waals surface area contributed by atoms with Crippen LogP contribution < -0.4 is 21.3 Å². The fraction of sp³-hybridized carbons (Fsp3) is 0.517. The van der Waals surface area contributed by atoms with Gasteiger partial charge in [-0.2, -0.15) is 0 Å². The van der Waals surface area contributed by atoms with Crippen LogP contribution in [0.3, 0.4) is 0 Å². The van der Waals surface area contributed by atoms with Crippen LogP contribution in [0.1, 0.15) is 40.7 Å². The topological polar surface area (TPSA) is 206 Å². The number of nitrogens with two attached hydrogens (primary N) is 1. The zero-order chi connectivity index (χ0) is 31.8. The fourth-order valence-electron chi connectivity index (χ4n) is 7.68. The molecule has 14 heteroatoms. The quantitative estimate of drug-likeness (QED) is 0.153. The summed E-state index contributed by atoms with van der Waals surface area (Å²) in [6.45, 7) is 0.677. The first-order valence-electron chi connectivity index (χ1n) is 14.3. The zero-order valence-corrected chi connectivity index (χ0v) is 24.9. The summed E-state index contributed by atoms with van der Waals surface area (Å²) in [5, 5.41) is 50.5. The molecule has 1 aromatic carbocycles. The van der Waals surface area contributed by atoms with Gasteiger partial charge in [0.1, 0.15) is 30.7 Å². The van der Waals surface area contributed by atoms with Crippen molar-refractivity contribution < 1.29 is 39.6 Å². The summed E-state index contributed by atoms with van der Waals surface area (Å²) in [5.41, 5.74) is 2.88. The number of nitrogens with one attached hydrogen (secondary N) is 2. The number of primary amides is 1. The number of carbonyl (C=O) groups is 4. The van der Waals surface area contributed by atoms with E-state index in [1.165, 1.54) is 12.7 Å². The maximum Gasteiger partial charge on any atom is 0.255 e. The predicted molar refractivity (Wildman–Crippen MR) is 159 cm³/mol. The van der Waals surface area contributed by atoms with Gasteiger partial charge in [-0.1, -0.05) is 0 Å². The lowest BCUT2D eigenvalue weighted by atomic mass is 9.42.